The molecule has 0 aromatic carbocycles. The van der Waals surface area contributed by atoms with Crippen LogP contribution in [0.2, 0.25) is 0 Å². The topological polar surface area (TPSA) is 77.2 Å². The van der Waals surface area contributed by atoms with Crippen LogP contribution < -0.4 is 15.2 Å². The Hall–Kier alpha value is -2.12. The molecule has 2 aromatic heterocycles. The Morgan fingerprint density at radius 3 is 2.70 bits per heavy atom. The molecule has 2 radical (unpaired) electrons. The molecule has 0 bridgehead atoms. The van der Waals surface area contributed by atoms with Crippen molar-refractivity contribution in [2.45, 2.75) is 32.6 Å². The van der Waals surface area contributed by atoms with Crippen LogP contribution in [-0.2, 0) is 0 Å². The van der Waals surface area contributed by atoms with Crippen molar-refractivity contribution in [3.05, 3.63) is 18.2 Å². The summed E-state index contributed by atoms with van der Waals surface area (Å²) in [4.78, 5) is 14.6. The quantitative estimate of drug-likeness (QED) is 0.764. The summed E-state index contributed by atoms with van der Waals surface area (Å²) in [7, 11) is 5.50. The standard InChI is InChI=1S/C15H20BN5O2/c1-10(2)14-19-15(23-20-14)21-5-3-11(4-6-21)9-22-13-8-17-12(16)7-18-13/h7-8,10-11H,3-6,9H2,1-2H3. The largest absolute Gasteiger partial charge is 0.476 e. The van der Waals surface area contributed by atoms with E-state index in [0.717, 1.165) is 31.8 Å². The molecule has 0 spiro atoms. The van der Waals surface area contributed by atoms with Gasteiger partial charge in [-0.05, 0) is 18.8 Å². The smallest absolute Gasteiger partial charge is 0.324 e. The van der Waals surface area contributed by atoms with Crippen LogP contribution in [0.5, 0.6) is 5.88 Å². The normalized spacial score (nSPS) is 16.0. The maximum absolute atomic E-state index is 5.68. The van der Waals surface area contributed by atoms with Gasteiger partial charge in [-0.3, -0.25) is 4.98 Å². The van der Waals surface area contributed by atoms with Crippen LogP contribution in [0.1, 0.15) is 38.4 Å². The second kappa shape index (κ2) is 6.98. The first-order valence-electron chi connectivity index (χ1n) is 7.90. The number of rotatable bonds is 5. The average Bonchev–Trinajstić information content (AvgIpc) is 3.05. The summed E-state index contributed by atoms with van der Waals surface area (Å²) >= 11 is 0. The third kappa shape index (κ3) is 4.00. The van der Waals surface area contributed by atoms with E-state index in [2.05, 4.69) is 38.9 Å². The summed E-state index contributed by atoms with van der Waals surface area (Å²) in [5, 5.41) is 4.02. The Balaban J connectivity index is 1.47. The maximum Gasteiger partial charge on any atom is 0.324 e. The first kappa shape index (κ1) is 15.8. The number of aromatic nitrogens is 4. The van der Waals surface area contributed by atoms with Crippen LogP contribution >= 0.6 is 0 Å². The lowest BCUT2D eigenvalue weighted by Crippen LogP contribution is -2.35. The first-order valence-corrected chi connectivity index (χ1v) is 7.90. The summed E-state index contributed by atoms with van der Waals surface area (Å²) < 4.78 is 11.0. The number of anilines is 1. The van der Waals surface area contributed by atoms with Crippen LogP contribution in [0.25, 0.3) is 0 Å². The number of hydrogen-bond donors (Lipinski definition) is 0. The Morgan fingerprint density at radius 2 is 2.09 bits per heavy atom. The van der Waals surface area contributed by atoms with Gasteiger partial charge in [0.2, 0.25) is 5.88 Å². The van der Waals surface area contributed by atoms with Gasteiger partial charge in [0.15, 0.2) is 5.82 Å². The number of piperidine rings is 1. The van der Waals surface area contributed by atoms with Crippen molar-refractivity contribution in [1.29, 1.82) is 0 Å². The first-order chi connectivity index (χ1) is 11.1. The zero-order valence-electron chi connectivity index (χ0n) is 13.5. The molecule has 0 N–H and O–H groups in total. The van der Waals surface area contributed by atoms with Crippen molar-refractivity contribution in [1.82, 2.24) is 20.1 Å². The molecule has 0 unspecified atom stereocenters. The van der Waals surface area contributed by atoms with Crippen molar-refractivity contribution in [2.24, 2.45) is 5.92 Å². The van der Waals surface area contributed by atoms with Crippen LogP contribution in [0, 0.1) is 5.92 Å². The van der Waals surface area contributed by atoms with Gasteiger partial charge >= 0.3 is 6.01 Å². The Bertz CT molecular complexity index is 623. The monoisotopic (exact) mass is 313 g/mol. The highest BCUT2D eigenvalue weighted by Gasteiger charge is 2.24. The van der Waals surface area contributed by atoms with Crippen molar-refractivity contribution < 1.29 is 9.26 Å². The lowest BCUT2D eigenvalue weighted by Gasteiger charge is -2.30. The van der Waals surface area contributed by atoms with Gasteiger partial charge in [-0.25, -0.2) is 4.98 Å². The molecule has 8 heteroatoms. The molecule has 1 aliphatic heterocycles. The average molecular weight is 313 g/mol. The van der Waals surface area contributed by atoms with Gasteiger partial charge in [-0.2, -0.15) is 4.98 Å². The molecule has 1 fully saturated rings. The lowest BCUT2D eigenvalue weighted by molar-refractivity contribution is 0.213. The van der Waals surface area contributed by atoms with Crippen molar-refractivity contribution >= 4 is 19.5 Å². The fourth-order valence-corrected chi connectivity index (χ4v) is 2.48. The van der Waals surface area contributed by atoms with Gasteiger partial charge in [0.25, 0.3) is 0 Å². The minimum Gasteiger partial charge on any atom is -0.476 e. The lowest BCUT2D eigenvalue weighted by atomic mass is 9.98. The van der Waals surface area contributed by atoms with E-state index < -0.39 is 0 Å². The fraction of sp³-hybridized carbons (Fsp3) is 0.600. The minimum atomic E-state index is 0.277. The summed E-state index contributed by atoms with van der Waals surface area (Å²) in [6.45, 7) is 6.52. The molecule has 0 atom stereocenters. The molecule has 0 saturated carbocycles. The van der Waals surface area contributed by atoms with Crippen LogP contribution in [-0.4, -0.2) is 47.7 Å². The Morgan fingerprint density at radius 1 is 1.30 bits per heavy atom. The zero-order chi connectivity index (χ0) is 16.2. The molecular formula is C15H20BN5O2. The van der Waals surface area contributed by atoms with Gasteiger partial charge in [0.05, 0.1) is 12.8 Å². The van der Waals surface area contributed by atoms with Crippen molar-refractivity contribution in [2.75, 3.05) is 24.6 Å². The van der Waals surface area contributed by atoms with E-state index in [1.165, 1.54) is 6.20 Å². The van der Waals surface area contributed by atoms with Crippen molar-refractivity contribution in [3.8, 4) is 5.88 Å². The Labute approximate surface area is 136 Å². The number of hydrogen-bond acceptors (Lipinski definition) is 7. The highest BCUT2D eigenvalue weighted by molar-refractivity contribution is 6.30. The van der Waals surface area contributed by atoms with E-state index in [9.17, 15) is 0 Å². The molecule has 3 heterocycles. The summed E-state index contributed by atoms with van der Waals surface area (Å²) in [6, 6.07) is 0.623. The predicted octanol–water partition coefficient (Wildman–Crippen LogP) is 1.07. The second-order valence-electron chi connectivity index (χ2n) is 6.11. The van der Waals surface area contributed by atoms with Gasteiger partial charge in [-0.1, -0.05) is 19.0 Å². The van der Waals surface area contributed by atoms with Crippen LogP contribution in [0.15, 0.2) is 16.9 Å². The highest BCUT2D eigenvalue weighted by atomic mass is 16.5. The minimum absolute atomic E-state index is 0.277. The SMILES string of the molecule is [B]c1cnc(OCC2CCN(c3nc(C(C)C)no3)CC2)cn1. The van der Waals surface area contributed by atoms with E-state index in [-0.39, 0.29) is 5.92 Å². The van der Waals surface area contributed by atoms with Crippen LogP contribution in [0.4, 0.5) is 6.01 Å². The van der Waals surface area contributed by atoms with E-state index in [1.807, 2.05) is 0 Å². The number of ether oxygens (including phenoxy) is 1. The molecule has 23 heavy (non-hydrogen) atoms. The van der Waals surface area contributed by atoms with Gasteiger partial charge in [0.1, 0.15) is 7.85 Å². The summed E-state index contributed by atoms with van der Waals surface area (Å²) in [6.07, 6.45) is 5.08. The molecule has 3 rings (SSSR count). The molecule has 120 valence electrons. The maximum atomic E-state index is 5.68. The molecule has 1 saturated heterocycles. The molecule has 0 aliphatic carbocycles. The second-order valence-corrected chi connectivity index (χ2v) is 6.11. The summed E-state index contributed by atoms with van der Waals surface area (Å²) in [5.74, 6) is 2.03. The van der Waals surface area contributed by atoms with E-state index in [0.29, 0.717) is 30.0 Å². The third-order valence-electron chi connectivity index (χ3n) is 3.95. The molecular weight excluding hydrogens is 293 g/mol. The van der Waals surface area contributed by atoms with E-state index >= 15 is 0 Å². The molecule has 2 aromatic rings. The van der Waals surface area contributed by atoms with Gasteiger partial charge in [-0.15, -0.1) is 0 Å². The zero-order valence-corrected chi connectivity index (χ0v) is 13.5. The highest BCUT2D eigenvalue weighted by Crippen LogP contribution is 2.23. The van der Waals surface area contributed by atoms with Gasteiger partial charge < -0.3 is 14.2 Å². The molecule has 0 amide bonds. The summed E-state index contributed by atoms with van der Waals surface area (Å²) in [5.41, 5.74) is 0.394. The third-order valence-corrected chi connectivity index (χ3v) is 3.95. The Kier molecular flexibility index (Phi) is 4.78. The van der Waals surface area contributed by atoms with E-state index in [1.54, 1.807) is 6.20 Å². The number of nitrogens with zero attached hydrogens (tertiary/aromatic N) is 5. The van der Waals surface area contributed by atoms with Crippen LogP contribution in [0.3, 0.4) is 0 Å². The van der Waals surface area contributed by atoms with Crippen molar-refractivity contribution in [3.63, 3.8) is 0 Å². The fourth-order valence-electron chi connectivity index (χ4n) is 2.48. The molecule has 1 aliphatic rings. The molecule has 7 nitrogen and oxygen atoms in total. The van der Waals surface area contributed by atoms with E-state index in [4.69, 9.17) is 17.1 Å². The van der Waals surface area contributed by atoms with Gasteiger partial charge in [0, 0.05) is 30.8 Å². The predicted molar refractivity (Wildman–Crippen MR) is 86.2 cm³/mol.